The third kappa shape index (κ3) is 3.06. The molecule has 1 aromatic rings. The highest BCUT2D eigenvalue weighted by atomic mass is 35.5. The highest BCUT2D eigenvalue weighted by Gasteiger charge is 2.42. The standard InChI is InChI=1S/C14H15ClFNO3S/c15-13-7-9(16)1-4-12(13)14(18)17(10-2-3-10)11-5-6-21(19,20)8-11/h1,4,7,10-11H,2-3,5-6,8H2. The van der Waals surface area contributed by atoms with E-state index in [0.29, 0.717) is 6.42 Å². The fourth-order valence-corrected chi connectivity index (χ4v) is 4.74. The van der Waals surface area contributed by atoms with Crippen molar-refractivity contribution >= 4 is 27.3 Å². The number of halogens is 2. The van der Waals surface area contributed by atoms with Crippen molar-refractivity contribution in [1.29, 1.82) is 0 Å². The molecule has 1 atom stereocenters. The molecule has 1 aromatic carbocycles. The van der Waals surface area contributed by atoms with Crippen molar-refractivity contribution in [2.24, 2.45) is 0 Å². The van der Waals surface area contributed by atoms with Crippen molar-refractivity contribution in [2.45, 2.75) is 31.3 Å². The first-order valence-corrected chi connectivity index (χ1v) is 9.05. The number of carbonyl (C=O) groups is 1. The lowest BCUT2D eigenvalue weighted by molar-refractivity contribution is 0.0681. The summed E-state index contributed by atoms with van der Waals surface area (Å²) in [5.74, 6) is -0.679. The number of rotatable bonds is 3. The molecule has 2 aliphatic rings. The number of hydrogen-bond donors (Lipinski definition) is 0. The quantitative estimate of drug-likeness (QED) is 0.853. The van der Waals surface area contributed by atoms with E-state index in [1.807, 2.05) is 0 Å². The molecule has 0 radical (unpaired) electrons. The number of amides is 1. The minimum absolute atomic E-state index is 0.00799. The van der Waals surface area contributed by atoms with Gasteiger partial charge in [0, 0.05) is 12.1 Å². The van der Waals surface area contributed by atoms with Crippen LogP contribution in [0.2, 0.25) is 5.02 Å². The Morgan fingerprint density at radius 2 is 1.95 bits per heavy atom. The molecule has 1 aliphatic heterocycles. The van der Waals surface area contributed by atoms with E-state index in [4.69, 9.17) is 11.6 Å². The molecule has 2 fully saturated rings. The maximum atomic E-state index is 13.1. The van der Waals surface area contributed by atoms with Gasteiger partial charge in [-0.05, 0) is 37.5 Å². The number of benzene rings is 1. The Morgan fingerprint density at radius 1 is 1.24 bits per heavy atom. The van der Waals surface area contributed by atoms with Crippen LogP contribution in [0.3, 0.4) is 0 Å². The van der Waals surface area contributed by atoms with Gasteiger partial charge in [0.15, 0.2) is 9.84 Å². The minimum atomic E-state index is -3.07. The zero-order chi connectivity index (χ0) is 15.2. The van der Waals surface area contributed by atoms with Crippen LogP contribution in [0.5, 0.6) is 0 Å². The maximum absolute atomic E-state index is 13.1. The van der Waals surface area contributed by atoms with Gasteiger partial charge in [-0.1, -0.05) is 11.6 Å². The van der Waals surface area contributed by atoms with Crippen molar-refractivity contribution in [1.82, 2.24) is 4.90 Å². The summed E-state index contributed by atoms with van der Waals surface area (Å²) in [7, 11) is -3.07. The average molecular weight is 332 g/mol. The zero-order valence-corrected chi connectivity index (χ0v) is 12.8. The van der Waals surface area contributed by atoms with E-state index in [2.05, 4.69) is 0 Å². The predicted octanol–water partition coefficient (Wildman–Crippen LogP) is 2.27. The van der Waals surface area contributed by atoms with Crippen LogP contribution in [0.15, 0.2) is 18.2 Å². The molecule has 1 unspecified atom stereocenters. The molecular weight excluding hydrogens is 317 g/mol. The molecule has 114 valence electrons. The van der Waals surface area contributed by atoms with Crippen LogP contribution in [0.25, 0.3) is 0 Å². The Hall–Kier alpha value is -1.14. The second kappa shape index (κ2) is 5.25. The van der Waals surface area contributed by atoms with Gasteiger partial charge < -0.3 is 4.90 Å². The fourth-order valence-electron chi connectivity index (χ4n) is 2.78. The van der Waals surface area contributed by atoms with Crippen LogP contribution in [0, 0.1) is 5.82 Å². The average Bonchev–Trinajstić information content (AvgIpc) is 3.14. The van der Waals surface area contributed by atoms with Crippen LogP contribution in [-0.4, -0.2) is 42.8 Å². The lowest BCUT2D eigenvalue weighted by Crippen LogP contribution is -2.42. The Balaban J connectivity index is 1.89. The Kier molecular flexibility index (Phi) is 3.69. The largest absolute Gasteiger partial charge is 0.332 e. The van der Waals surface area contributed by atoms with E-state index in [1.54, 1.807) is 4.90 Å². The second-order valence-corrected chi connectivity index (χ2v) is 8.26. The summed E-state index contributed by atoms with van der Waals surface area (Å²) in [6.45, 7) is 0. The van der Waals surface area contributed by atoms with Crippen LogP contribution >= 0.6 is 11.6 Å². The number of carbonyl (C=O) groups excluding carboxylic acids is 1. The Labute approximate surface area is 127 Å². The summed E-state index contributed by atoms with van der Waals surface area (Å²) in [5, 5.41) is 0.0616. The van der Waals surface area contributed by atoms with Crippen molar-refractivity contribution in [3.63, 3.8) is 0 Å². The molecule has 4 nitrogen and oxygen atoms in total. The molecular formula is C14H15ClFNO3S. The molecule has 7 heteroatoms. The first-order chi connectivity index (χ1) is 9.87. The van der Waals surface area contributed by atoms with Gasteiger partial charge in [-0.25, -0.2) is 12.8 Å². The van der Waals surface area contributed by atoms with E-state index in [9.17, 15) is 17.6 Å². The fraction of sp³-hybridized carbons (Fsp3) is 0.500. The molecule has 1 saturated carbocycles. The monoisotopic (exact) mass is 331 g/mol. The molecule has 0 spiro atoms. The topological polar surface area (TPSA) is 54.5 Å². The molecule has 1 heterocycles. The van der Waals surface area contributed by atoms with E-state index in [1.165, 1.54) is 12.1 Å². The van der Waals surface area contributed by atoms with Gasteiger partial charge in [-0.15, -0.1) is 0 Å². The van der Waals surface area contributed by atoms with Gasteiger partial charge in [-0.3, -0.25) is 4.79 Å². The third-order valence-corrected chi connectivity index (χ3v) is 6.00. The van der Waals surface area contributed by atoms with Crippen molar-refractivity contribution in [3.8, 4) is 0 Å². The van der Waals surface area contributed by atoms with E-state index < -0.39 is 15.7 Å². The first kappa shape index (κ1) is 14.8. The third-order valence-electron chi connectivity index (χ3n) is 3.94. The highest BCUT2D eigenvalue weighted by molar-refractivity contribution is 7.91. The summed E-state index contributed by atoms with van der Waals surface area (Å²) in [5.41, 5.74) is 0.231. The maximum Gasteiger partial charge on any atom is 0.255 e. The van der Waals surface area contributed by atoms with Gasteiger partial charge in [0.05, 0.1) is 22.1 Å². The van der Waals surface area contributed by atoms with E-state index in [0.717, 1.165) is 18.9 Å². The molecule has 1 amide bonds. The molecule has 0 aromatic heterocycles. The molecule has 3 rings (SSSR count). The van der Waals surface area contributed by atoms with Gasteiger partial charge >= 0.3 is 0 Å². The zero-order valence-electron chi connectivity index (χ0n) is 11.3. The summed E-state index contributed by atoms with van der Waals surface area (Å²) in [6.07, 6.45) is 2.21. The molecule has 1 aliphatic carbocycles. The van der Waals surface area contributed by atoms with E-state index >= 15 is 0 Å². The van der Waals surface area contributed by atoms with Gasteiger partial charge in [-0.2, -0.15) is 0 Å². The predicted molar refractivity (Wildman–Crippen MR) is 77.7 cm³/mol. The number of nitrogens with zero attached hydrogens (tertiary/aromatic N) is 1. The van der Waals surface area contributed by atoms with Crippen LogP contribution < -0.4 is 0 Å². The lowest BCUT2D eigenvalue weighted by atomic mass is 10.1. The molecule has 0 bridgehead atoms. The second-order valence-electron chi connectivity index (χ2n) is 5.62. The molecule has 21 heavy (non-hydrogen) atoms. The van der Waals surface area contributed by atoms with E-state index in [-0.39, 0.29) is 40.1 Å². The van der Waals surface area contributed by atoms with Crippen LogP contribution in [-0.2, 0) is 9.84 Å². The lowest BCUT2D eigenvalue weighted by Gasteiger charge is -2.28. The SMILES string of the molecule is O=C(c1ccc(F)cc1Cl)N(C1CC1)C1CCS(=O)(=O)C1. The number of hydrogen-bond acceptors (Lipinski definition) is 3. The summed E-state index contributed by atoms with van der Waals surface area (Å²) in [6, 6.07) is 3.44. The summed E-state index contributed by atoms with van der Waals surface area (Å²) in [4.78, 5) is 14.3. The van der Waals surface area contributed by atoms with Gasteiger partial charge in [0.2, 0.25) is 0 Å². The first-order valence-electron chi connectivity index (χ1n) is 6.85. The van der Waals surface area contributed by atoms with Crippen molar-refractivity contribution < 1.29 is 17.6 Å². The highest BCUT2D eigenvalue weighted by Crippen LogP contribution is 2.34. The Bertz CT molecular complexity index is 687. The van der Waals surface area contributed by atoms with Gasteiger partial charge in [0.25, 0.3) is 5.91 Å². The van der Waals surface area contributed by atoms with Crippen molar-refractivity contribution in [3.05, 3.63) is 34.6 Å². The normalized spacial score (nSPS) is 24.0. The minimum Gasteiger partial charge on any atom is -0.332 e. The summed E-state index contributed by atoms with van der Waals surface area (Å²) < 4.78 is 36.4. The Morgan fingerprint density at radius 3 is 2.48 bits per heavy atom. The smallest absolute Gasteiger partial charge is 0.255 e. The van der Waals surface area contributed by atoms with Crippen molar-refractivity contribution in [2.75, 3.05) is 11.5 Å². The number of sulfone groups is 1. The van der Waals surface area contributed by atoms with Crippen LogP contribution in [0.1, 0.15) is 29.6 Å². The van der Waals surface area contributed by atoms with Crippen LogP contribution in [0.4, 0.5) is 4.39 Å². The molecule has 1 saturated heterocycles. The molecule has 0 N–H and O–H groups in total. The van der Waals surface area contributed by atoms with Gasteiger partial charge in [0.1, 0.15) is 5.82 Å². The summed E-state index contributed by atoms with van der Waals surface area (Å²) >= 11 is 5.95.